The summed E-state index contributed by atoms with van der Waals surface area (Å²) in [5.41, 5.74) is 1.62. The van der Waals surface area contributed by atoms with E-state index in [1.54, 1.807) is 44.2 Å². The second-order valence-electron chi connectivity index (χ2n) is 7.32. The molecule has 3 aromatic rings. The molecule has 0 saturated carbocycles. The van der Waals surface area contributed by atoms with Gasteiger partial charge in [-0.05, 0) is 54.9 Å². The average molecular weight is 529 g/mol. The summed E-state index contributed by atoms with van der Waals surface area (Å²) in [6.07, 6.45) is 4.71. The molecule has 0 aliphatic carbocycles. The van der Waals surface area contributed by atoms with Crippen LogP contribution in [0.3, 0.4) is 0 Å². The van der Waals surface area contributed by atoms with Crippen molar-refractivity contribution >= 4 is 57.0 Å². The third-order valence-corrected chi connectivity index (χ3v) is 5.72. The maximum Gasteiger partial charge on any atom is 0.410 e. The van der Waals surface area contributed by atoms with Crippen LogP contribution in [0.2, 0.25) is 0 Å². The van der Waals surface area contributed by atoms with Crippen LogP contribution in [0.25, 0.3) is 16.6 Å². The Balaban J connectivity index is 1.84. The number of aromatic nitrogens is 5. The minimum atomic E-state index is -0.629. The van der Waals surface area contributed by atoms with Gasteiger partial charge in [0.2, 0.25) is 5.91 Å². The highest BCUT2D eigenvalue weighted by Gasteiger charge is 2.21. The van der Waals surface area contributed by atoms with Crippen LogP contribution in [0, 0.1) is 0 Å². The Kier molecular flexibility index (Phi) is 6.37. The van der Waals surface area contributed by atoms with Gasteiger partial charge in [0.1, 0.15) is 24.8 Å². The van der Waals surface area contributed by atoms with Crippen molar-refractivity contribution in [3.05, 3.63) is 31.0 Å². The van der Waals surface area contributed by atoms with Crippen LogP contribution in [0.5, 0.6) is 0 Å². The Hall–Kier alpha value is -2.27. The summed E-state index contributed by atoms with van der Waals surface area (Å²) in [7, 11) is 1.52. The Morgan fingerprint density at radius 3 is 2.59 bits per heavy atom. The molecule has 3 rings (SSSR count). The zero-order chi connectivity index (χ0) is 21.2. The van der Waals surface area contributed by atoms with E-state index in [9.17, 15) is 9.59 Å². The van der Waals surface area contributed by atoms with Crippen molar-refractivity contribution in [2.24, 2.45) is 0 Å². The van der Waals surface area contributed by atoms with E-state index in [4.69, 9.17) is 4.74 Å². The van der Waals surface area contributed by atoms with Gasteiger partial charge >= 0.3 is 6.09 Å². The van der Waals surface area contributed by atoms with Crippen LogP contribution >= 0.6 is 28.4 Å². The predicted octanol–water partition coefficient (Wildman–Crippen LogP) is 3.21. The second-order valence-corrected chi connectivity index (χ2v) is 9.36. The highest BCUT2D eigenvalue weighted by molar-refractivity contribution is 14.2. The van der Waals surface area contributed by atoms with Gasteiger partial charge < -0.3 is 15.0 Å². The fourth-order valence-corrected chi connectivity index (χ4v) is 4.11. The van der Waals surface area contributed by atoms with Crippen molar-refractivity contribution in [3.8, 4) is 5.69 Å². The van der Waals surface area contributed by atoms with Crippen LogP contribution < -0.4 is 5.32 Å². The first kappa shape index (κ1) is 21.4. The molecule has 2 amide bonds. The highest BCUT2D eigenvalue weighted by atomic mass is 127. The van der Waals surface area contributed by atoms with Crippen molar-refractivity contribution in [1.82, 2.24) is 29.2 Å². The summed E-state index contributed by atoms with van der Waals surface area (Å²) in [4.78, 5) is 25.9. The average Bonchev–Trinajstić information content (AvgIpc) is 3.29. The third-order valence-electron chi connectivity index (χ3n) is 3.83. The van der Waals surface area contributed by atoms with Gasteiger partial charge in [0.15, 0.2) is 0 Å². The summed E-state index contributed by atoms with van der Waals surface area (Å²) in [5.74, 6) is -0.342. The van der Waals surface area contributed by atoms with E-state index < -0.39 is 11.7 Å². The number of benzene rings is 1. The highest BCUT2D eigenvalue weighted by Crippen LogP contribution is 2.33. The van der Waals surface area contributed by atoms with Crippen LogP contribution in [0.15, 0.2) is 31.0 Å². The minimum absolute atomic E-state index is 0.143. The number of nitrogens with one attached hydrogen (secondary N) is 1. The maximum absolute atomic E-state index is 12.6. The standard InChI is InChI=1S/C17H21IN7O3P/c1-17(2,3)28-16(27)23(4)8-15(26)22-13-5-11(24-9-19-20-10-24)6-14-12(13)7-21-25(14)29-18/h5-7,9-10,29H,8H2,1-4H3,(H,22,26). The number of carbonyl (C=O) groups excluding carboxylic acids is 2. The monoisotopic (exact) mass is 529 g/mol. The zero-order valence-electron chi connectivity index (χ0n) is 16.4. The van der Waals surface area contributed by atoms with Crippen molar-refractivity contribution in [1.29, 1.82) is 0 Å². The molecule has 0 radical (unpaired) electrons. The molecule has 1 N–H and O–H groups in total. The molecule has 154 valence electrons. The number of hydrogen-bond acceptors (Lipinski definition) is 6. The molecule has 2 aromatic heterocycles. The van der Waals surface area contributed by atoms with E-state index in [0.29, 0.717) is 12.1 Å². The number of amides is 2. The summed E-state index contributed by atoms with van der Waals surface area (Å²) in [5, 5.41) is 15.7. The van der Waals surface area contributed by atoms with Crippen molar-refractivity contribution < 1.29 is 14.3 Å². The van der Waals surface area contributed by atoms with Gasteiger partial charge in [0.25, 0.3) is 0 Å². The number of ether oxygens (including phenoxy) is 1. The first-order valence-corrected chi connectivity index (χ1v) is 12.7. The fourth-order valence-electron chi connectivity index (χ4n) is 2.58. The van der Waals surface area contributed by atoms with Crippen LogP contribution in [-0.2, 0) is 9.53 Å². The van der Waals surface area contributed by atoms with E-state index in [1.807, 2.05) is 16.6 Å². The zero-order valence-corrected chi connectivity index (χ0v) is 19.5. The predicted molar refractivity (Wildman–Crippen MR) is 120 cm³/mol. The van der Waals surface area contributed by atoms with Crippen molar-refractivity contribution in [2.45, 2.75) is 26.4 Å². The summed E-state index contributed by atoms with van der Waals surface area (Å²) < 4.78 is 8.88. The van der Waals surface area contributed by atoms with Crippen molar-refractivity contribution in [3.63, 3.8) is 0 Å². The number of rotatable bonds is 5. The fraction of sp³-hybridized carbons (Fsp3) is 0.353. The molecular weight excluding hydrogens is 508 g/mol. The van der Waals surface area contributed by atoms with E-state index >= 15 is 0 Å². The van der Waals surface area contributed by atoms with Gasteiger partial charge in [-0.2, -0.15) is 5.10 Å². The van der Waals surface area contributed by atoms with E-state index in [0.717, 1.165) is 16.6 Å². The molecule has 2 heterocycles. The molecular formula is C17H21IN7O3P. The smallest absolute Gasteiger partial charge is 0.410 e. The van der Waals surface area contributed by atoms with Gasteiger partial charge in [-0.1, -0.05) is 0 Å². The van der Waals surface area contributed by atoms with E-state index in [1.165, 1.54) is 11.9 Å². The number of fused-ring (bicyclic) bond motifs is 1. The van der Waals surface area contributed by atoms with E-state index in [-0.39, 0.29) is 12.5 Å². The first-order chi connectivity index (χ1) is 13.7. The van der Waals surface area contributed by atoms with Gasteiger partial charge in [-0.25, -0.2) is 9.25 Å². The van der Waals surface area contributed by atoms with E-state index in [2.05, 4.69) is 42.7 Å². The van der Waals surface area contributed by atoms with Crippen molar-refractivity contribution in [2.75, 3.05) is 18.9 Å². The summed E-state index contributed by atoms with van der Waals surface area (Å²) in [6, 6.07) is 3.78. The Bertz CT molecular complexity index is 1030. The Labute approximate surface area is 182 Å². The molecule has 0 spiro atoms. The third kappa shape index (κ3) is 5.21. The summed E-state index contributed by atoms with van der Waals surface area (Å²) >= 11 is 2.25. The van der Waals surface area contributed by atoms with Crippen LogP contribution in [0.1, 0.15) is 20.8 Å². The maximum atomic E-state index is 12.6. The second kappa shape index (κ2) is 8.62. The number of halogens is 1. The molecule has 1 unspecified atom stereocenters. The molecule has 1 aromatic carbocycles. The van der Waals surface area contributed by atoms with Gasteiger partial charge in [0.05, 0.1) is 29.5 Å². The number of likely N-dealkylation sites (N-methyl/N-ethyl adjacent to an activating group) is 1. The molecule has 1 atom stereocenters. The molecule has 12 heteroatoms. The molecule has 0 aliphatic heterocycles. The number of nitrogens with zero attached hydrogens (tertiary/aromatic N) is 6. The molecule has 10 nitrogen and oxygen atoms in total. The topological polar surface area (TPSA) is 107 Å². The lowest BCUT2D eigenvalue weighted by Crippen LogP contribution is -2.38. The Morgan fingerprint density at radius 2 is 1.97 bits per heavy atom. The molecule has 29 heavy (non-hydrogen) atoms. The number of hydrogen-bond donors (Lipinski definition) is 1. The normalized spacial score (nSPS) is 11.9. The van der Waals surface area contributed by atoms with Crippen LogP contribution in [-0.4, -0.2) is 60.4 Å². The lowest BCUT2D eigenvalue weighted by Gasteiger charge is -2.24. The largest absolute Gasteiger partial charge is 0.444 e. The quantitative estimate of drug-likeness (QED) is 0.402. The first-order valence-electron chi connectivity index (χ1n) is 8.65. The minimum Gasteiger partial charge on any atom is -0.444 e. The van der Waals surface area contributed by atoms with Gasteiger partial charge in [0, 0.05) is 12.4 Å². The number of carbonyl (C=O) groups is 2. The van der Waals surface area contributed by atoms with Crippen LogP contribution in [0.4, 0.5) is 10.5 Å². The summed E-state index contributed by atoms with van der Waals surface area (Å²) in [6.45, 7) is 5.18. The molecule has 0 fully saturated rings. The molecule has 0 saturated heterocycles. The Morgan fingerprint density at radius 1 is 1.28 bits per heavy atom. The SMILES string of the molecule is CN(CC(=O)Nc1cc(-n2cnnc2)cc2c1cnn2PI)C(=O)OC(C)(C)C. The lowest BCUT2D eigenvalue weighted by atomic mass is 10.2. The van der Waals surface area contributed by atoms with Gasteiger partial charge in [-0.3, -0.25) is 9.36 Å². The number of anilines is 1. The lowest BCUT2D eigenvalue weighted by molar-refractivity contribution is -0.117. The van der Waals surface area contributed by atoms with Gasteiger partial charge in [-0.15, -0.1) is 10.2 Å². The molecule has 0 aliphatic rings. The molecule has 0 bridgehead atoms.